The summed E-state index contributed by atoms with van der Waals surface area (Å²) < 4.78 is 5.88. The largest absolute Gasteiger partial charge is 0.488 e. The number of aliphatic hydroxyl groups excluding tert-OH is 1. The van der Waals surface area contributed by atoms with E-state index >= 15 is 0 Å². The molecule has 0 unspecified atom stereocenters. The highest BCUT2D eigenvalue weighted by molar-refractivity contribution is 5.34. The monoisotopic (exact) mass is 235 g/mol. The van der Waals surface area contributed by atoms with Crippen LogP contribution >= 0.6 is 0 Å². The third-order valence-electron chi connectivity index (χ3n) is 3.49. The molecular weight excluding hydrogens is 214 g/mol. The summed E-state index contributed by atoms with van der Waals surface area (Å²) in [7, 11) is 2.02. The van der Waals surface area contributed by atoms with E-state index in [9.17, 15) is 5.11 Å². The molecule has 0 bridgehead atoms. The number of aliphatic hydroxyl groups is 1. The zero-order chi connectivity index (χ0) is 12.4. The number of aryl methyl sites for hydroxylation is 2. The van der Waals surface area contributed by atoms with Crippen molar-refractivity contribution in [2.24, 2.45) is 0 Å². The van der Waals surface area contributed by atoms with Crippen LogP contribution in [0.1, 0.15) is 17.5 Å². The van der Waals surface area contributed by atoms with E-state index in [4.69, 9.17) is 4.74 Å². The van der Waals surface area contributed by atoms with Gasteiger partial charge in [-0.25, -0.2) is 0 Å². The van der Waals surface area contributed by atoms with E-state index in [0.717, 1.165) is 18.7 Å². The number of nitrogens with zero attached hydrogens (tertiary/aromatic N) is 1. The zero-order valence-electron chi connectivity index (χ0n) is 10.8. The second kappa shape index (κ2) is 5.07. The van der Waals surface area contributed by atoms with Crippen LogP contribution < -0.4 is 4.74 Å². The molecule has 0 aromatic heterocycles. The maximum absolute atomic E-state index is 9.96. The highest BCUT2D eigenvalue weighted by atomic mass is 16.5. The van der Waals surface area contributed by atoms with Crippen LogP contribution in [0.5, 0.6) is 5.75 Å². The molecular formula is C14H21NO2. The predicted molar refractivity (Wildman–Crippen MR) is 68.5 cm³/mol. The topological polar surface area (TPSA) is 32.7 Å². The van der Waals surface area contributed by atoms with Crippen LogP contribution in [0.3, 0.4) is 0 Å². The fraction of sp³-hybridized carbons (Fsp3) is 0.571. The first-order valence-corrected chi connectivity index (χ1v) is 6.17. The second-order valence-corrected chi connectivity index (χ2v) is 5.02. The maximum atomic E-state index is 9.96. The van der Waals surface area contributed by atoms with E-state index in [0.29, 0.717) is 6.54 Å². The van der Waals surface area contributed by atoms with Crippen molar-refractivity contribution in [2.75, 3.05) is 20.1 Å². The minimum atomic E-state index is -0.393. The molecule has 1 heterocycles. The van der Waals surface area contributed by atoms with Crippen molar-refractivity contribution in [3.05, 3.63) is 29.3 Å². The lowest BCUT2D eigenvalue weighted by atomic mass is 10.1. The van der Waals surface area contributed by atoms with Crippen molar-refractivity contribution in [3.63, 3.8) is 0 Å². The molecule has 2 atom stereocenters. The minimum absolute atomic E-state index is 0.0756. The van der Waals surface area contributed by atoms with Crippen LogP contribution in [-0.4, -0.2) is 42.4 Å². The average molecular weight is 235 g/mol. The number of benzene rings is 1. The normalized spacial score (nSPS) is 25.9. The van der Waals surface area contributed by atoms with E-state index in [1.807, 2.05) is 19.2 Å². The summed E-state index contributed by atoms with van der Waals surface area (Å²) in [5.41, 5.74) is 2.49. The van der Waals surface area contributed by atoms with Crippen LogP contribution in [0, 0.1) is 13.8 Å². The van der Waals surface area contributed by atoms with Crippen LogP contribution in [0.4, 0.5) is 0 Å². The van der Waals surface area contributed by atoms with Gasteiger partial charge in [0, 0.05) is 13.1 Å². The van der Waals surface area contributed by atoms with Gasteiger partial charge in [-0.05, 0) is 50.6 Å². The Kier molecular flexibility index (Phi) is 3.69. The second-order valence-electron chi connectivity index (χ2n) is 5.02. The SMILES string of the molecule is Cc1ccc(O[C@H]2CCN(C)C[C@@H]2O)cc1C. The maximum Gasteiger partial charge on any atom is 0.127 e. The summed E-state index contributed by atoms with van der Waals surface area (Å²) in [6, 6.07) is 6.08. The van der Waals surface area contributed by atoms with Gasteiger partial charge in [-0.1, -0.05) is 6.07 Å². The first kappa shape index (κ1) is 12.4. The van der Waals surface area contributed by atoms with Crippen LogP contribution in [0.2, 0.25) is 0 Å². The number of rotatable bonds is 2. The van der Waals surface area contributed by atoms with Crippen molar-refractivity contribution in [3.8, 4) is 5.75 Å². The van der Waals surface area contributed by atoms with Crippen LogP contribution in [-0.2, 0) is 0 Å². The summed E-state index contributed by atoms with van der Waals surface area (Å²) in [5, 5.41) is 9.96. The Balaban J connectivity index is 2.02. The number of ether oxygens (including phenoxy) is 1. The standard InChI is InChI=1S/C14H21NO2/c1-10-4-5-12(8-11(10)2)17-14-6-7-15(3)9-13(14)16/h4-5,8,13-14,16H,6-7,9H2,1-3H3/t13-,14-/m0/s1. The summed E-state index contributed by atoms with van der Waals surface area (Å²) in [5.74, 6) is 0.863. The predicted octanol–water partition coefficient (Wildman–Crippen LogP) is 1.75. The van der Waals surface area contributed by atoms with Crippen LogP contribution in [0.15, 0.2) is 18.2 Å². The molecule has 0 aliphatic carbocycles. The number of likely N-dealkylation sites (tertiary alicyclic amines) is 1. The van der Waals surface area contributed by atoms with Crippen LogP contribution in [0.25, 0.3) is 0 Å². The van der Waals surface area contributed by atoms with Crippen molar-refractivity contribution in [1.29, 1.82) is 0 Å². The third kappa shape index (κ3) is 2.99. The zero-order valence-corrected chi connectivity index (χ0v) is 10.8. The summed E-state index contributed by atoms with van der Waals surface area (Å²) >= 11 is 0. The molecule has 2 rings (SSSR count). The highest BCUT2D eigenvalue weighted by Crippen LogP contribution is 2.21. The molecule has 0 amide bonds. The van der Waals surface area contributed by atoms with E-state index in [1.54, 1.807) is 0 Å². The highest BCUT2D eigenvalue weighted by Gasteiger charge is 2.27. The van der Waals surface area contributed by atoms with Crippen molar-refractivity contribution < 1.29 is 9.84 Å². The van der Waals surface area contributed by atoms with Gasteiger partial charge in [-0.3, -0.25) is 0 Å². The molecule has 0 saturated carbocycles. The minimum Gasteiger partial charge on any atom is -0.488 e. The summed E-state index contributed by atoms with van der Waals surface area (Å²) in [6.07, 6.45) is 0.411. The average Bonchev–Trinajstić information content (AvgIpc) is 2.27. The lowest BCUT2D eigenvalue weighted by Gasteiger charge is -2.33. The van der Waals surface area contributed by atoms with E-state index in [-0.39, 0.29) is 6.10 Å². The number of hydrogen-bond acceptors (Lipinski definition) is 3. The molecule has 1 aromatic carbocycles. The first-order valence-electron chi connectivity index (χ1n) is 6.17. The molecule has 3 heteroatoms. The smallest absolute Gasteiger partial charge is 0.127 e. The fourth-order valence-electron chi connectivity index (χ4n) is 2.17. The molecule has 1 N–H and O–H groups in total. The molecule has 0 radical (unpaired) electrons. The van der Waals surface area contributed by atoms with Crippen molar-refractivity contribution >= 4 is 0 Å². The van der Waals surface area contributed by atoms with E-state index < -0.39 is 6.10 Å². The first-order chi connectivity index (χ1) is 8.06. The van der Waals surface area contributed by atoms with E-state index in [1.165, 1.54) is 11.1 Å². The van der Waals surface area contributed by atoms with Crippen molar-refractivity contribution in [2.45, 2.75) is 32.5 Å². The Bertz CT molecular complexity index is 392. The Morgan fingerprint density at radius 3 is 2.71 bits per heavy atom. The summed E-state index contributed by atoms with van der Waals surface area (Å²) in [6.45, 7) is 5.83. The van der Waals surface area contributed by atoms with E-state index in [2.05, 4.69) is 24.8 Å². The molecule has 17 heavy (non-hydrogen) atoms. The Morgan fingerprint density at radius 2 is 2.06 bits per heavy atom. The molecule has 1 saturated heterocycles. The van der Waals surface area contributed by atoms with Gasteiger partial charge < -0.3 is 14.7 Å². The molecule has 94 valence electrons. The Morgan fingerprint density at radius 1 is 1.29 bits per heavy atom. The van der Waals surface area contributed by atoms with Gasteiger partial charge in [0.15, 0.2) is 0 Å². The molecule has 1 aliphatic rings. The molecule has 0 spiro atoms. The molecule has 1 aromatic rings. The lowest BCUT2D eigenvalue weighted by molar-refractivity contribution is -0.0182. The molecule has 3 nitrogen and oxygen atoms in total. The molecule has 1 fully saturated rings. The quantitative estimate of drug-likeness (QED) is 0.847. The Hall–Kier alpha value is -1.06. The van der Waals surface area contributed by atoms with Gasteiger partial charge >= 0.3 is 0 Å². The number of piperidine rings is 1. The van der Waals surface area contributed by atoms with Gasteiger partial charge in [0.05, 0.1) is 0 Å². The van der Waals surface area contributed by atoms with Gasteiger partial charge in [-0.15, -0.1) is 0 Å². The fourth-order valence-corrected chi connectivity index (χ4v) is 2.17. The number of β-amino-alcohol motifs (C(OH)–C–C–N with tert-alkyl or cyclic N) is 1. The lowest BCUT2D eigenvalue weighted by Crippen LogP contribution is -2.47. The Labute approximate surface area is 103 Å². The van der Waals surface area contributed by atoms with Crippen molar-refractivity contribution in [1.82, 2.24) is 4.90 Å². The third-order valence-corrected chi connectivity index (χ3v) is 3.49. The van der Waals surface area contributed by atoms with Gasteiger partial charge in [-0.2, -0.15) is 0 Å². The van der Waals surface area contributed by atoms with Gasteiger partial charge in [0.2, 0.25) is 0 Å². The molecule has 1 aliphatic heterocycles. The van der Waals surface area contributed by atoms with Gasteiger partial charge in [0.1, 0.15) is 18.0 Å². The number of likely N-dealkylation sites (N-methyl/N-ethyl adjacent to an activating group) is 1. The van der Waals surface area contributed by atoms with Gasteiger partial charge in [0.25, 0.3) is 0 Å². The summed E-state index contributed by atoms with van der Waals surface area (Å²) in [4.78, 5) is 2.13. The number of hydrogen-bond donors (Lipinski definition) is 1.